The zero-order chi connectivity index (χ0) is 12.8. The third-order valence-corrected chi connectivity index (χ3v) is 5.06. The zero-order valence-electron chi connectivity index (χ0n) is 12.5. The molecule has 2 aliphatic rings. The van der Waals surface area contributed by atoms with Gasteiger partial charge in [0.25, 0.3) is 0 Å². The summed E-state index contributed by atoms with van der Waals surface area (Å²) in [6.07, 6.45) is 10.1. The summed E-state index contributed by atoms with van der Waals surface area (Å²) in [5.74, 6) is 1.89. The molecule has 1 aliphatic carbocycles. The van der Waals surface area contributed by atoms with Crippen molar-refractivity contribution in [2.45, 2.75) is 64.8 Å². The van der Waals surface area contributed by atoms with E-state index in [4.69, 9.17) is 0 Å². The normalized spacial score (nSPS) is 31.7. The maximum atomic E-state index is 3.88. The fourth-order valence-electron chi connectivity index (χ4n) is 3.73. The van der Waals surface area contributed by atoms with E-state index in [1.807, 2.05) is 0 Å². The third-order valence-electron chi connectivity index (χ3n) is 5.06. The van der Waals surface area contributed by atoms with Crippen molar-refractivity contribution in [1.29, 1.82) is 0 Å². The van der Waals surface area contributed by atoms with Crippen molar-refractivity contribution >= 4 is 0 Å². The quantitative estimate of drug-likeness (QED) is 0.808. The fraction of sp³-hybridized carbons (Fsp3) is 1.00. The Labute approximate surface area is 114 Å². The number of likely N-dealkylation sites (tertiary alicyclic amines) is 1. The van der Waals surface area contributed by atoms with E-state index in [1.54, 1.807) is 0 Å². The molecule has 2 rings (SSSR count). The van der Waals surface area contributed by atoms with Gasteiger partial charge >= 0.3 is 0 Å². The molecule has 2 fully saturated rings. The van der Waals surface area contributed by atoms with Crippen molar-refractivity contribution in [3.05, 3.63) is 0 Å². The smallest absolute Gasteiger partial charge is 0.0198 e. The first-order valence-electron chi connectivity index (χ1n) is 8.27. The summed E-state index contributed by atoms with van der Waals surface area (Å²) in [4.78, 5) is 2.64. The first kappa shape index (κ1) is 14.3. The van der Waals surface area contributed by atoms with Crippen molar-refractivity contribution in [3.63, 3.8) is 0 Å². The highest BCUT2D eigenvalue weighted by Crippen LogP contribution is 2.24. The van der Waals surface area contributed by atoms with Crippen LogP contribution in [0.2, 0.25) is 0 Å². The van der Waals surface area contributed by atoms with Crippen LogP contribution in [-0.2, 0) is 0 Å². The number of hydrogen-bond donors (Lipinski definition) is 1. The lowest BCUT2D eigenvalue weighted by Gasteiger charge is -2.38. The maximum Gasteiger partial charge on any atom is 0.0198 e. The van der Waals surface area contributed by atoms with Gasteiger partial charge in [0, 0.05) is 19.1 Å². The van der Waals surface area contributed by atoms with Gasteiger partial charge in [0.05, 0.1) is 0 Å². The minimum atomic E-state index is 0.755. The van der Waals surface area contributed by atoms with Crippen LogP contribution in [-0.4, -0.2) is 37.1 Å². The van der Waals surface area contributed by atoms with Gasteiger partial charge in [-0.1, -0.05) is 39.5 Å². The van der Waals surface area contributed by atoms with Crippen LogP contribution in [0.1, 0.15) is 58.8 Å². The highest BCUT2D eigenvalue weighted by Gasteiger charge is 2.25. The highest BCUT2D eigenvalue weighted by molar-refractivity contribution is 4.83. The summed E-state index contributed by atoms with van der Waals surface area (Å²) in [7, 11) is 0. The molecule has 2 heteroatoms. The fourth-order valence-corrected chi connectivity index (χ4v) is 3.73. The van der Waals surface area contributed by atoms with Crippen LogP contribution in [0.15, 0.2) is 0 Å². The summed E-state index contributed by atoms with van der Waals surface area (Å²) in [5.41, 5.74) is 0. The average molecular weight is 252 g/mol. The van der Waals surface area contributed by atoms with E-state index in [-0.39, 0.29) is 0 Å². The number of rotatable bonds is 5. The predicted octanol–water partition coefficient (Wildman–Crippen LogP) is 3.28. The molecule has 106 valence electrons. The number of piperidine rings is 1. The second-order valence-corrected chi connectivity index (χ2v) is 6.47. The molecule has 1 saturated carbocycles. The van der Waals surface area contributed by atoms with Crippen molar-refractivity contribution in [2.24, 2.45) is 11.8 Å². The van der Waals surface area contributed by atoms with Gasteiger partial charge in [-0.05, 0) is 44.2 Å². The molecule has 0 radical (unpaired) electrons. The van der Waals surface area contributed by atoms with E-state index in [2.05, 4.69) is 24.1 Å². The molecule has 0 bridgehead atoms. The Morgan fingerprint density at radius 3 is 2.44 bits per heavy atom. The van der Waals surface area contributed by atoms with E-state index in [1.165, 1.54) is 71.1 Å². The molecule has 18 heavy (non-hydrogen) atoms. The lowest BCUT2D eigenvalue weighted by Crippen LogP contribution is -2.50. The Bertz CT molecular complexity index is 211. The average Bonchev–Trinajstić information content (AvgIpc) is 2.45. The summed E-state index contributed by atoms with van der Waals surface area (Å²) < 4.78 is 0. The summed E-state index contributed by atoms with van der Waals surface area (Å²) in [5, 5.41) is 3.88. The van der Waals surface area contributed by atoms with E-state index in [0.29, 0.717) is 0 Å². The summed E-state index contributed by atoms with van der Waals surface area (Å²) >= 11 is 0. The molecule has 0 aromatic carbocycles. The molecule has 2 atom stereocenters. The second-order valence-electron chi connectivity index (χ2n) is 6.47. The van der Waals surface area contributed by atoms with Crippen LogP contribution in [0, 0.1) is 11.8 Å². The van der Waals surface area contributed by atoms with Gasteiger partial charge in [-0.25, -0.2) is 0 Å². The number of hydrogen-bond acceptors (Lipinski definition) is 2. The minimum absolute atomic E-state index is 0.755. The molecular formula is C16H32N2. The highest BCUT2D eigenvalue weighted by atomic mass is 15.2. The van der Waals surface area contributed by atoms with Crippen molar-refractivity contribution in [3.8, 4) is 0 Å². The Hall–Kier alpha value is -0.0800. The van der Waals surface area contributed by atoms with Gasteiger partial charge in [0.15, 0.2) is 0 Å². The van der Waals surface area contributed by atoms with Gasteiger partial charge in [-0.15, -0.1) is 0 Å². The van der Waals surface area contributed by atoms with Crippen molar-refractivity contribution in [1.82, 2.24) is 10.2 Å². The molecule has 2 unspecified atom stereocenters. The third kappa shape index (κ3) is 4.24. The summed E-state index contributed by atoms with van der Waals surface area (Å²) in [6.45, 7) is 9.75. The molecule has 1 heterocycles. The Kier molecular flexibility index (Phi) is 5.97. The Balaban J connectivity index is 1.73. The predicted molar refractivity (Wildman–Crippen MR) is 78.9 cm³/mol. The largest absolute Gasteiger partial charge is 0.312 e. The van der Waals surface area contributed by atoms with Gasteiger partial charge < -0.3 is 10.2 Å². The van der Waals surface area contributed by atoms with Crippen LogP contribution >= 0.6 is 0 Å². The number of nitrogens with zero attached hydrogens (tertiary/aromatic N) is 1. The molecule has 0 amide bonds. The van der Waals surface area contributed by atoms with Crippen LogP contribution in [0.4, 0.5) is 0 Å². The molecule has 1 saturated heterocycles. The molecule has 2 nitrogen and oxygen atoms in total. The van der Waals surface area contributed by atoms with Crippen LogP contribution in [0.3, 0.4) is 0 Å². The van der Waals surface area contributed by atoms with Gasteiger partial charge in [0.2, 0.25) is 0 Å². The molecular weight excluding hydrogens is 220 g/mol. The van der Waals surface area contributed by atoms with E-state index < -0.39 is 0 Å². The molecule has 1 aliphatic heterocycles. The molecule has 0 aromatic heterocycles. The van der Waals surface area contributed by atoms with Gasteiger partial charge in [0.1, 0.15) is 0 Å². The van der Waals surface area contributed by atoms with Gasteiger partial charge in [-0.2, -0.15) is 0 Å². The lowest BCUT2D eigenvalue weighted by atomic mass is 9.88. The van der Waals surface area contributed by atoms with E-state index in [9.17, 15) is 0 Å². The van der Waals surface area contributed by atoms with Crippen molar-refractivity contribution < 1.29 is 0 Å². The van der Waals surface area contributed by atoms with Crippen molar-refractivity contribution in [2.75, 3.05) is 26.2 Å². The molecule has 0 aromatic rings. The second kappa shape index (κ2) is 7.49. The first-order chi connectivity index (χ1) is 8.81. The van der Waals surface area contributed by atoms with E-state index >= 15 is 0 Å². The first-order valence-corrected chi connectivity index (χ1v) is 8.27. The SMILES string of the molecule is CCC1CC(NCC2CCCCC2)CN(CC)C1. The van der Waals surface area contributed by atoms with Crippen LogP contribution < -0.4 is 5.32 Å². The molecule has 1 N–H and O–H groups in total. The Morgan fingerprint density at radius 1 is 1.00 bits per heavy atom. The monoisotopic (exact) mass is 252 g/mol. The maximum absolute atomic E-state index is 3.88. The van der Waals surface area contributed by atoms with Crippen LogP contribution in [0.25, 0.3) is 0 Å². The Morgan fingerprint density at radius 2 is 1.78 bits per heavy atom. The van der Waals surface area contributed by atoms with E-state index in [0.717, 1.165) is 17.9 Å². The molecule has 0 spiro atoms. The zero-order valence-corrected chi connectivity index (χ0v) is 12.5. The lowest BCUT2D eigenvalue weighted by molar-refractivity contribution is 0.140. The number of nitrogens with one attached hydrogen (secondary N) is 1. The van der Waals surface area contributed by atoms with Crippen LogP contribution in [0.5, 0.6) is 0 Å². The minimum Gasteiger partial charge on any atom is -0.312 e. The topological polar surface area (TPSA) is 15.3 Å². The number of likely N-dealkylation sites (N-methyl/N-ethyl adjacent to an activating group) is 1. The summed E-state index contributed by atoms with van der Waals surface area (Å²) in [6, 6.07) is 0.755. The standard InChI is InChI=1S/C16H32N2/c1-3-14-10-16(13-18(4-2)12-14)17-11-15-8-6-5-7-9-15/h14-17H,3-13H2,1-2H3. The van der Waals surface area contributed by atoms with Gasteiger partial charge in [-0.3, -0.25) is 0 Å².